The standard InChI is InChI=1S/C42H29N3OS.C27H27BO3S.C21H14BrN3.H6P4/c1-42(2)33-22-21-32-31-18-9-10-19-36(31)47-38(32)37(33)46-35-23-20-29(25-34(35)42)28-16-11-17-30(24-28)41-44-39(26-12-5-3-6-13-26)43-40(45-41)27-14-7-4-8-15-27;1-25(2)19-13-12-18-17-9-7-8-10-22(17)32-24(18)23(19)29-21-14-11-16(15-20(21)25)28-30-26(3,4)27(5,6)31-28;22-18-13-7-12-17(14-18)21-24-19(15-8-3-1-4-9-15)23-20(25-21)16-10-5-2-6-11-16;1-4(2)3/h3-25H,1-2H3;7-15H,1-6H3;1-14H;1-3H2. The summed E-state index contributed by atoms with van der Waals surface area (Å²) in [5, 5.41) is 5.08. The lowest BCUT2D eigenvalue weighted by molar-refractivity contribution is 0.00578. The third kappa shape index (κ3) is 14.5. The third-order valence-corrected chi connectivity index (χ3v) is 23.4. The summed E-state index contributed by atoms with van der Waals surface area (Å²) in [6.45, 7) is 17.6. The van der Waals surface area contributed by atoms with Crippen LogP contribution in [0.2, 0.25) is 0 Å². The van der Waals surface area contributed by atoms with E-state index in [2.05, 4.69) is 237 Å². The van der Waals surface area contributed by atoms with E-state index in [0.717, 1.165) is 83.0 Å². The molecule has 18 heteroatoms. The second-order valence-corrected chi connectivity index (χ2v) is 43.6. The van der Waals surface area contributed by atoms with Gasteiger partial charge in [-0.05, 0) is 99.8 Å². The first-order chi connectivity index (χ1) is 52.1. The summed E-state index contributed by atoms with van der Waals surface area (Å²) in [5.41, 5.74) is 12.6. The van der Waals surface area contributed by atoms with Gasteiger partial charge in [-0.2, -0.15) is 0 Å². The van der Waals surface area contributed by atoms with Gasteiger partial charge in [-0.15, -0.1) is 49.5 Å². The smallest absolute Gasteiger partial charge is 0.455 e. The number of rotatable bonds is 8. The van der Waals surface area contributed by atoms with Gasteiger partial charge in [0.25, 0.3) is 0 Å². The molecule has 7 heterocycles. The number of thiophene rings is 2. The molecule has 1 saturated heterocycles. The predicted octanol–water partition coefficient (Wildman–Crippen LogP) is 25.6. The zero-order chi connectivity index (χ0) is 74.6. The van der Waals surface area contributed by atoms with Gasteiger partial charge >= 0.3 is 7.12 Å². The van der Waals surface area contributed by atoms with E-state index in [1.165, 1.54) is 57.0 Å². The monoisotopic (exact) mass is 1580 g/mol. The number of benzene rings is 12. The van der Waals surface area contributed by atoms with Crippen molar-refractivity contribution < 1.29 is 18.8 Å². The van der Waals surface area contributed by atoms with E-state index in [1.807, 2.05) is 168 Å². The Balaban J connectivity index is 0.000000127. The summed E-state index contributed by atoms with van der Waals surface area (Å²) in [5.74, 6) is 7.74. The van der Waals surface area contributed by atoms with Crippen LogP contribution in [0.5, 0.6) is 23.0 Å². The van der Waals surface area contributed by atoms with Crippen molar-refractivity contribution in [1.82, 2.24) is 29.9 Å². The van der Waals surface area contributed by atoms with Crippen LogP contribution in [-0.2, 0) is 20.1 Å². The summed E-state index contributed by atoms with van der Waals surface area (Å²) < 4.78 is 31.9. The van der Waals surface area contributed by atoms with Crippen LogP contribution in [0.25, 0.3) is 120 Å². The average molecular weight is 1580 g/mol. The van der Waals surface area contributed by atoms with Gasteiger partial charge in [0.15, 0.2) is 34.9 Å². The summed E-state index contributed by atoms with van der Waals surface area (Å²) in [6.07, 6.45) is 0. The molecule has 4 aromatic heterocycles. The largest absolute Gasteiger partial charge is 0.494 e. The van der Waals surface area contributed by atoms with Crippen LogP contribution in [-0.4, -0.2) is 48.2 Å². The number of halogens is 1. The summed E-state index contributed by atoms with van der Waals surface area (Å²) in [6, 6.07) is 95.7. The van der Waals surface area contributed by atoms with Gasteiger partial charge in [-0.1, -0.05) is 274 Å². The van der Waals surface area contributed by atoms with Gasteiger partial charge in [0.05, 0.1) is 20.6 Å². The molecular weight excluding hydrogens is 1510 g/mol. The summed E-state index contributed by atoms with van der Waals surface area (Å²) >= 11 is 7.13. The van der Waals surface area contributed by atoms with Gasteiger partial charge in [-0.3, -0.25) is 0 Å². The van der Waals surface area contributed by atoms with Crippen LogP contribution >= 0.6 is 72.4 Å². The van der Waals surface area contributed by atoms with Crippen LogP contribution in [0.1, 0.15) is 77.6 Å². The number of hydrogen-bond acceptors (Lipinski definition) is 12. The van der Waals surface area contributed by atoms with Crippen LogP contribution in [0.15, 0.2) is 284 Å². The van der Waals surface area contributed by atoms with Gasteiger partial charge in [0, 0.05) is 102 Å². The topological polar surface area (TPSA) is 114 Å². The minimum atomic E-state index is -0.382. The molecule has 3 aliphatic heterocycles. The molecule has 3 unspecified atom stereocenters. The Labute approximate surface area is 654 Å². The van der Waals surface area contributed by atoms with E-state index < -0.39 is 0 Å². The van der Waals surface area contributed by atoms with E-state index >= 15 is 0 Å². The molecule has 0 aliphatic carbocycles. The number of fused-ring (bicyclic) bond motifs is 12. The summed E-state index contributed by atoms with van der Waals surface area (Å²) in [4.78, 5) is 28.8. The normalized spacial score (nSPS) is 14.5. The molecule has 3 aliphatic rings. The van der Waals surface area contributed by atoms with E-state index in [1.54, 1.807) is 0 Å². The molecular formula is C90H76BBrN6O4P4S2. The molecule has 0 spiro atoms. The van der Waals surface area contributed by atoms with Crippen molar-refractivity contribution in [2.24, 2.45) is 0 Å². The maximum absolute atomic E-state index is 6.73. The number of ether oxygens (including phenoxy) is 2. The minimum absolute atomic E-state index is 0.130. The van der Waals surface area contributed by atoms with Crippen LogP contribution in [0.3, 0.4) is 0 Å². The van der Waals surface area contributed by atoms with Gasteiger partial charge in [-0.25, -0.2) is 29.9 Å². The first kappa shape index (κ1) is 73.1. The Morgan fingerprint density at radius 3 is 1.09 bits per heavy atom. The second kappa shape index (κ2) is 30.0. The first-order valence-corrected chi connectivity index (χ1v) is 44.3. The quantitative estimate of drug-likeness (QED) is 0.108. The lowest BCUT2D eigenvalue weighted by Gasteiger charge is -2.35. The van der Waals surface area contributed by atoms with Gasteiger partial charge in [0.1, 0.15) is 23.0 Å². The number of nitrogens with zero attached hydrogens (tertiary/aromatic N) is 6. The molecule has 0 radical (unpaired) electrons. The maximum atomic E-state index is 6.73. The fourth-order valence-electron chi connectivity index (χ4n) is 14.1. The van der Waals surface area contributed by atoms with Crippen molar-refractivity contribution in [3.63, 3.8) is 0 Å². The third-order valence-electron chi connectivity index (χ3n) is 20.6. The zero-order valence-corrected chi connectivity index (χ0v) is 68.4. The Morgan fingerprint density at radius 1 is 0.324 bits per heavy atom. The number of aromatic nitrogens is 6. The van der Waals surface area contributed by atoms with Crippen molar-refractivity contribution in [1.29, 1.82) is 0 Å². The van der Waals surface area contributed by atoms with Crippen molar-refractivity contribution in [3.8, 4) is 102 Å². The van der Waals surface area contributed by atoms with E-state index in [-0.39, 0.29) is 36.1 Å². The fraction of sp³-hybridized carbons (Fsp3) is 0.133. The van der Waals surface area contributed by atoms with Gasteiger partial charge < -0.3 is 18.8 Å². The summed E-state index contributed by atoms with van der Waals surface area (Å²) in [7, 11) is 7.56. The second-order valence-electron chi connectivity index (χ2n) is 29.0. The molecule has 10 nitrogen and oxygen atoms in total. The highest BCUT2D eigenvalue weighted by molar-refractivity contribution is 9.10. The molecule has 0 bridgehead atoms. The number of hydrogen-bond donors (Lipinski definition) is 0. The molecule has 108 heavy (non-hydrogen) atoms. The Bertz CT molecular complexity index is 5940. The molecule has 19 rings (SSSR count). The fourth-order valence-corrected chi connectivity index (χ4v) is 16.9. The highest BCUT2D eigenvalue weighted by Gasteiger charge is 2.52. The zero-order valence-electron chi connectivity index (χ0n) is 60.8. The highest BCUT2D eigenvalue weighted by Crippen LogP contribution is 2.60. The van der Waals surface area contributed by atoms with Crippen LogP contribution in [0.4, 0.5) is 0 Å². The minimum Gasteiger partial charge on any atom is -0.455 e. The molecule has 0 N–H and O–H groups in total. The van der Waals surface area contributed by atoms with E-state index in [9.17, 15) is 0 Å². The molecule has 1 fully saturated rings. The van der Waals surface area contributed by atoms with E-state index in [4.69, 9.17) is 43.7 Å². The molecule has 0 saturated carbocycles. The lowest BCUT2D eigenvalue weighted by atomic mass is 9.71. The first-order valence-electron chi connectivity index (χ1n) is 35.7. The molecule has 3 atom stereocenters. The molecule has 0 amide bonds. The van der Waals surface area contributed by atoms with Gasteiger partial charge in [0.2, 0.25) is 0 Å². The van der Waals surface area contributed by atoms with Crippen molar-refractivity contribution in [2.75, 3.05) is 0 Å². The SMILES string of the molecule is Brc1cccc(-c2nc(-c3ccccc3)nc(-c3ccccc3)n2)c1.CC1(C)c2cc(-c3cccc(-c4nc(-c5ccccc5)nc(-c5ccccc5)n4)c3)ccc2Oc2c1ccc1c2sc2ccccc21.CC1(C)c2cc(B3OC(C)(C)C(C)(C)O3)ccc2Oc2c1ccc1c2sc2ccccc21.PP(P)P. The maximum Gasteiger partial charge on any atom is 0.494 e. The average Bonchev–Trinajstić information content (AvgIpc) is 1.42. The van der Waals surface area contributed by atoms with Crippen LogP contribution in [0, 0.1) is 0 Å². The van der Waals surface area contributed by atoms with Crippen molar-refractivity contribution >= 4 is 125 Å². The Morgan fingerprint density at radius 2 is 0.667 bits per heavy atom. The highest BCUT2D eigenvalue weighted by atomic mass is 79.9. The predicted molar refractivity (Wildman–Crippen MR) is 467 cm³/mol. The Kier molecular flexibility index (Phi) is 20.3. The van der Waals surface area contributed by atoms with Crippen molar-refractivity contribution in [3.05, 3.63) is 306 Å². The molecule has 532 valence electrons. The van der Waals surface area contributed by atoms with E-state index in [0.29, 0.717) is 34.9 Å². The Hall–Kier alpha value is -9.12. The molecule has 12 aromatic carbocycles. The lowest BCUT2D eigenvalue weighted by Crippen LogP contribution is -2.41. The van der Waals surface area contributed by atoms with Crippen molar-refractivity contribution in [2.45, 2.75) is 77.4 Å². The van der Waals surface area contributed by atoms with Crippen LogP contribution < -0.4 is 14.9 Å². The molecule has 16 aromatic rings.